The second-order valence-electron chi connectivity index (χ2n) is 5.62. The molecule has 0 heterocycles. The molecule has 1 aliphatic rings. The lowest BCUT2D eigenvalue weighted by Gasteiger charge is -2.28. The molecule has 21 heavy (non-hydrogen) atoms. The summed E-state index contributed by atoms with van der Waals surface area (Å²) < 4.78 is 10.6. The first-order valence-corrected chi connectivity index (χ1v) is 7.82. The zero-order chi connectivity index (χ0) is 15.2. The van der Waals surface area contributed by atoms with Gasteiger partial charge in [-0.05, 0) is 56.0 Å². The third-order valence-corrected chi connectivity index (χ3v) is 4.23. The van der Waals surface area contributed by atoms with Gasteiger partial charge in [-0.15, -0.1) is 0 Å². The second-order valence-corrected chi connectivity index (χ2v) is 6.03. The van der Waals surface area contributed by atoms with Crippen molar-refractivity contribution in [2.45, 2.75) is 38.6 Å². The van der Waals surface area contributed by atoms with Crippen LogP contribution in [0.5, 0.6) is 11.5 Å². The van der Waals surface area contributed by atoms with Gasteiger partial charge in [0.25, 0.3) is 0 Å². The Morgan fingerprint density at radius 1 is 1.14 bits per heavy atom. The van der Waals surface area contributed by atoms with Crippen LogP contribution in [0.2, 0.25) is 0 Å². The third-order valence-electron chi connectivity index (χ3n) is 4.01. The van der Waals surface area contributed by atoms with Crippen molar-refractivity contribution in [1.82, 2.24) is 5.32 Å². The summed E-state index contributed by atoms with van der Waals surface area (Å²) in [6.45, 7) is 2.31. The highest BCUT2D eigenvalue weighted by molar-refractivity contribution is 7.80. The van der Waals surface area contributed by atoms with Crippen molar-refractivity contribution >= 4 is 23.0 Å². The molecule has 0 radical (unpaired) electrons. The van der Waals surface area contributed by atoms with Gasteiger partial charge in [-0.3, -0.25) is 0 Å². The molecule has 0 saturated heterocycles. The van der Waals surface area contributed by atoms with Gasteiger partial charge in [0, 0.05) is 12.1 Å². The highest BCUT2D eigenvalue weighted by Crippen LogP contribution is 2.29. The van der Waals surface area contributed by atoms with Gasteiger partial charge in [-0.25, -0.2) is 0 Å². The number of hydrogen-bond donors (Lipinski definition) is 2. The van der Waals surface area contributed by atoms with E-state index in [1.165, 1.54) is 25.7 Å². The molecule has 0 unspecified atom stereocenters. The van der Waals surface area contributed by atoms with Crippen LogP contribution >= 0.6 is 12.2 Å². The molecule has 0 bridgehead atoms. The van der Waals surface area contributed by atoms with Crippen molar-refractivity contribution in [1.29, 1.82) is 0 Å². The Labute approximate surface area is 132 Å². The van der Waals surface area contributed by atoms with Gasteiger partial charge in [0.15, 0.2) is 5.11 Å². The van der Waals surface area contributed by atoms with Crippen molar-refractivity contribution < 1.29 is 9.47 Å². The largest absolute Gasteiger partial charge is 0.497 e. The number of rotatable bonds is 4. The first-order chi connectivity index (χ1) is 10.1. The Balaban J connectivity index is 1.93. The summed E-state index contributed by atoms with van der Waals surface area (Å²) in [5.74, 6) is 2.32. The number of benzene rings is 1. The molecule has 1 fully saturated rings. The van der Waals surface area contributed by atoms with Gasteiger partial charge < -0.3 is 20.1 Å². The maximum Gasteiger partial charge on any atom is 0.171 e. The van der Waals surface area contributed by atoms with E-state index in [4.69, 9.17) is 21.7 Å². The van der Waals surface area contributed by atoms with E-state index in [2.05, 4.69) is 17.6 Å². The van der Waals surface area contributed by atoms with Crippen LogP contribution in [0, 0.1) is 5.92 Å². The average Bonchev–Trinajstić information content (AvgIpc) is 2.50. The molecule has 1 saturated carbocycles. The van der Waals surface area contributed by atoms with Gasteiger partial charge in [0.05, 0.1) is 19.9 Å². The van der Waals surface area contributed by atoms with Crippen LogP contribution in [0.15, 0.2) is 18.2 Å². The van der Waals surface area contributed by atoms with Crippen LogP contribution in [0.4, 0.5) is 5.69 Å². The molecule has 0 atom stereocenters. The zero-order valence-corrected chi connectivity index (χ0v) is 13.8. The van der Waals surface area contributed by atoms with Gasteiger partial charge in [0.1, 0.15) is 11.5 Å². The van der Waals surface area contributed by atoms with Crippen LogP contribution in [0.3, 0.4) is 0 Å². The fraction of sp³-hybridized carbons (Fsp3) is 0.562. The van der Waals surface area contributed by atoms with E-state index < -0.39 is 0 Å². The van der Waals surface area contributed by atoms with E-state index >= 15 is 0 Å². The molecule has 2 rings (SSSR count). The summed E-state index contributed by atoms with van der Waals surface area (Å²) in [6, 6.07) is 6.11. The maximum absolute atomic E-state index is 5.41. The molecular weight excluding hydrogens is 284 g/mol. The second kappa shape index (κ2) is 7.50. The quantitative estimate of drug-likeness (QED) is 0.832. The Hall–Kier alpha value is -1.49. The monoisotopic (exact) mass is 308 g/mol. The fourth-order valence-electron chi connectivity index (χ4n) is 2.65. The van der Waals surface area contributed by atoms with Gasteiger partial charge >= 0.3 is 0 Å². The van der Waals surface area contributed by atoms with E-state index in [1.54, 1.807) is 14.2 Å². The smallest absolute Gasteiger partial charge is 0.171 e. The molecule has 1 aliphatic carbocycles. The van der Waals surface area contributed by atoms with Crippen molar-refractivity contribution in [2.24, 2.45) is 5.92 Å². The minimum atomic E-state index is 0.477. The number of anilines is 1. The molecule has 5 heteroatoms. The summed E-state index contributed by atoms with van der Waals surface area (Å²) >= 11 is 5.41. The molecule has 0 amide bonds. The lowest BCUT2D eigenvalue weighted by atomic mass is 9.87. The summed E-state index contributed by atoms with van der Waals surface area (Å²) in [7, 11) is 3.27. The molecule has 0 aliphatic heterocycles. The average molecular weight is 308 g/mol. The molecule has 0 spiro atoms. The lowest BCUT2D eigenvalue weighted by Crippen LogP contribution is -2.39. The highest BCUT2D eigenvalue weighted by Gasteiger charge is 2.19. The van der Waals surface area contributed by atoms with Crippen LogP contribution in [0.25, 0.3) is 0 Å². The summed E-state index contributed by atoms with van der Waals surface area (Å²) in [5, 5.41) is 7.26. The van der Waals surface area contributed by atoms with E-state index in [0.29, 0.717) is 11.2 Å². The molecular formula is C16H24N2O2S. The van der Waals surface area contributed by atoms with Crippen LogP contribution in [0.1, 0.15) is 32.6 Å². The van der Waals surface area contributed by atoms with Crippen molar-refractivity contribution in [3.63, 3.8) is 0 Å². The first-order valence-electron chi connectivity index (χ1n) is 7.42. The van der Waals surface area contributed by atoms with Gasteiger partial charge in [-0.2, -0.15) is 0 Å². The summed E-state index contributed by atoms with van der Waals surface area (Å²) in [4.78, 5) is 0. The molecule has 1 aromatic rings. The third kappa shape index (κ3) is 4.49. The molecule has 116 valence electrons. The Morgan fingerprint density at radius 3 is 2.48 bits per heavy atom. The van der Waals surface area contributed by atoms with E-state index in [1.807, 2.05) is 18.2 Å². The van der Waals surface area contributed by atoms with E-state index in [0.717, 1.165) is 23.1 Å². The molecule has 2 N–H and O–H groups in total. The van der Waals surface area contributed by atoms with E-state index in [-0.39, 0.29) is 0 Å². The predicted octanol–water partition coefficient (Wildman–Crippen LogP) is 3.57. The molecule has 0 aromatic heterocycles. The summed E-state index contributed by atoms with van der Waals surface area (Å²) in [5.41, 5.74) is 0.847. The number of thiocarbonyl (C=S) groups is 1. The molecule has 1 aromatic carbocycles. The summed E-state index contributed by atoms with van der Waals surface area (Å²) in [6.07, 6.45) is 4.91. The van der Waals surface area contributed by atoms with Crippen LogP contribution in [-0.4, -0.2) is 25.4 Å². The topological polar surface area (TPSA) is 42.5 Å². The standard InChI is InChI=1S/C16H24N2O2S/c1-11-4-6-12(7-5-11)17-16(21)18-14-9-8-13(19-2)10-15(14)20-3/h8-12H,4-7H2,1-3H3,(H2,17,18,21). The number of hydrogen-bond acceptors (Lipinski definition) is 3. The van der Waals surface area contributed by atoms with Crippen LogP contribution in [-0.2, 0) is 0 Å². The number of ether oxygens (including phenoxy) is 2. The van der Waals surface area contributed by atoms with Gasteiger partial charge in [-0.1, -0.05) is 6.92 Å². The fourth-order valence-corrected chi connectivity index (χ4v) is 2.93. The maximum atomic E-state index is 5.41. The Kier molecular flexibility index (Phi) is 5.67. The van der Waals surface area contributed by atoms with Crippen LogP contribution < -0.4 is 20.1 Å². The lowest BCUT2D eigenvalue weighted by molar-refractivity contribution is 0.331. The Morgan fingerprint density at radius 2 is 1.86 bits per heavy atom. The first kappa shape index (κ1) is 15.9. The minimum absolute atomic E-state index is 0.477. The Bertz CT molecular complexity index is 485. The normalized spacial score (nSPS) is 21.5. The van der Waals surface area contributed by atoms with Crippen molar-refractivity contribution in [3.8, 4) is 11.5 Å². The van der Waals surface area contributed by atoms with E-state index in [9.17, 15) is 0 Å². The number of methoxy groups -OCH3 is 2. The molecule has 4 nitrogen and oxygen atoms in total. The SMILES string of the molecule is COc1ccc(NC(=S)NC2CCC(C)CC2)c(OC)c1. The van der Waals surface area contributed by atoms with Gasteiger partial charge in [0.2, 0.25) is 0 Å². The van der Waals surface area contributed by atoms with Crippen molar-refractivity contribution in [2.75, 3.05) is 19.5 Å². The predicted molar refractivity (Wildman–Crippen MR) is 90.3 cm³/mol. The zero-order valence-electron chi connectivity index (χ0n) is 12.9. The number of nitrogens with one attached hydrogen (secondary N) is 2. The highest BCUT2D eigenvalue weighted by atomic mass is 32.1. The van der Waals surface area contributed by atoms with Crippen molar-refractivity contribution in [3.05, 3.63) is 18.2 Å². The minimum Gasteiger partial charge on any atom is -0.497 e.